The fourth-order valence-electron chi connectivity index (χ4n) is 4.25. The van der Waals surface area contributed by atoms with Crippen LogP contribution in [-0.2, 0) is 4.74 Å². The molecule has 12 heteroatoms. The lowest BCUT2D eigenvalue weighted by Crippen LogP contribution is -2.39. The number of fused-ring (bicyclic) bond motifs is 1. The van der Waals surface area contributed by atoms with E-state index in [9.17, 15) is 10.1 Å². The van der Waals surface area contributed by atoms with Crippen molar-refractivity contribution in [2.75, 3.05) is 13.1 Å². The predicted molar refractivity (Wildman–Crippen MR) is 191 cm³/mol. The van der Waals surface area contributed by atoms with Crippen molar-refractivity contribution in [1.29, 1.82) is 16.1 Å². The van der Waals surface area contributed by atoms with Crippen molar-refractivity contribution in [1.82, 2.24) is 19.0 Å². The first-order valence-electron chi connectivity index (χ1n) is 15.9. The zero-order chi connectivity index (χ0) is 34.2. The Hall–Kier alpha value is -2.52. The number of nitrogens with zero attached hydrogens (tertiary/aromatic N) is 4. The van der Waals surface area contributed by atoms with Crippen molar-refractivity contribution < 1.29 is 9.53 Å². The number of hydrogen-bond acceptors (Lipinski definition) is 9. The van der Waals surface area contributed by atoms with E-state index in [-0.39, 0.29) is 26.9 Å². The summed E-state index contributed by atoms with van der Waals surface area (Å²) < 4.78 is 10.9. The first kappa shape index (κ1) is 38.7. The van der Waals surface area contributed by atoms with Gasteiger partial charge in [0.1, 0.15) is 16.1 Å². The molecule has 3 aliphatic rings. The summed E-state index contributed by atoms with van der Waals surface area (Å²) in [6, 6.07) is 4.30. The highest BCUT2D eigenvalue weighted by molar-refractivity contribution is 8.26. The van der Waals surface area contributed by atoms with E-state index in [1.807, 2.05) is 79.0 Å². The third-order valence-corrected chi connectivity index (χ3v) is 9.39. The van der Waals surface area contributed by atoms with Gasteiger partial charge < -0.3 is 9.64 Å². The summed E-state index contributed by atoms with van der Waals surface area (Å²) in [4.78, 5) is 19.8. The molecule has 45 heavy (non-hydrogen) atoms. The van der Waals surface area contributed by atoms with E-state index >= 15 is 0 Å². The van der Waals surface area contributed by atoms with Crippen LogP contribution in [0, 0.1) is 27.6 Å². The van der Waals surface area contributed by atoms with Crippen LogP contribution in [0.15, 0.2) is 23.2 Å². The summed E-state index contributed by atoms with van der Waals surface area (Å²) in [5, 5.41) is 27.2. The minimum absolute atomic E-state index is 0.0763. The highest BCUT2D eigenvalue weighted by Crippen LogP contribution is 2.49. The van der Waals surface area contributed by atoms with Gasteiger partial charge in [-0.05, 0) is 83.4 Å². The first-order valence-corrected chi connectivity index (χ1v) is 17.9. The van der Waals surface area contributed by atoms with Crippen LogP contribution in [0.25, 0.3) is 11.1 Å². The number of carbonyl (C=O) groups is 1. The van der Waals surface area contributed by atoms with Gasteiger partial charge in [-0.2, -0.15) is 5.26 Å². The van der Waals surface area contributed by atoms with Gasteiger partial charge in [0.2, 0.25) is 0 Å². The molecule has 5 rings (SSSR count). The molecule has 2 aromatic heterocycles. The van der Waals surface area contributed by atoms with Gasteiger partial charge >= 0.3 is 6.09 Å². The van der Waals surface area contributed by atoms with Crippen LogP contribution in [0.5, 0.6) is 0 Å². The Morgan fingerprint density at radius 3 is 2.24 bits per heavy atom. The van der Waals surface area contributed by atoms with Crippen molar-refractivity contribution in [3.8, 4) is 6.07 Å². The van der Waals surface area contributed by atoms with Crippen LogP contribution in [0.1, 0.15) is 113 Å². The second-order valence-electron chi connectivity index (χ2n) is 11.7. The molecule has 2 aliphatic carbocycles. The SMILES string of the molecule is CC.CC.CC.CC1(NSc2cc(C3=CCN(C(=O)OC(C)(C)C)CC3)c3c(Cl)nc(C(=N)SC(=N)C4(C#N)CC4)n3c2)CC1. The molecule has 2 aromatic rings. The Kier molecular flexibility index (Phi) is 14.0. The molecule has 2 saturated carbocycles. The van der Waals surface area contributed by atoms with Crippen LogP contribution >= 0.6 is 35.3 Å². The van der Waals surface area contributed by atoms with Crippen LogP contribution < -0.4 is 4.72 Å². The van der Waals surface area contributed by atoms with E-state index < -0.39 is 11.0 Å². The van der Waals surface area contributed by atoms with E-state index in [1.165, 1.54) is 0 Å². The standard InChI is InChI=1S/C27H32ClN7O2S2.3C2H6/c1-25(2,3)37-24(36)34-11-5-16(6-12-34)18-13-17(39-33-26(4)7-8-26)14-35-19(18)20(28)32-22(35)21(30)38-23(31)27(15-29)9-10-27;3*1-2/h5,13-14,30-31,33H,6-12H2,1-4H3;3*1-2H3. The molecule has 3 heterocycles. The first-order chi connectivity index (χ1) is 21.3. The van der Waals surface area contributed by atoms with E-state index in [0.717, 1.165) is 40.6 Å². The molecule has 0 radical (unpaired) electrons. The quantitative estimate of drug-likeness (QED) is 0.158. The van der Waals surface area contributed by atoms with Crippen molar-refractivity contribution in [2.24, 2.45) is 5.41 Å². The van der Waals surface area contributed by atoms with Gasteiger partial charge in [0.15, 0.2) is 11.0 Å². The van der Waals surface area contributed by atoms with Gasteiger partial charge in [-0.1, -0.05) is 71.0 Å². The number of hydrogen-bond donors (Lipinski definition) is 3. The highest BCUT2D eigenvalue weighted by atomic mass is 35.5. The molecule has 1 aliphatic heterocycles. The molecule has 0 atom stereocenters. The van der Waals surface area contributed by atoms with Gasteiger partial charge in [-0.3, -0.25) is 19.9 Å². The number of nitrogens with one attached hydrogen (secondary N) is 3. The van der Waals surface area contributed by atoms with Crippen molar-refractivity contribution in [3.63, 3.8) is 0 Å². The minimum Gasteiger partial charge on any atom is -0.444 e. The Bertz CT molecular complexity index is 1450. The number of carbonyl (C=O) groups excluding carboxylic acids is 1. The van der Waals surface area contributed by atoms with Gasteiger partial charge in [0.25, 0.3) is 0 Å². The lowest BCUT2D eigenvalue weighted by atomic mass is 9.99. The van der Waals surface area contributed by atoms with Crippen molar-refractivity contribution in [2.45, 2.75) is 117 Å². The van der Waals surface area contributed by atoms with Gasteiger partial charge in [-0.25, -0.2) is 9.78 Å². The average molecular weight is 676 g/mol. The number of rotatable bonds is 6. The largest absolute Gasteiger partial charge is 0.444 e. The number of amides is 1. The summed E-state index contributed by atoms with van der Waals surface area (Å²) >= 11 is 9.20. The van der Waals surface area contributed by atoms with E-state index in [0.29, 0.717) is 43.7 Å². The number of thioether (sulfide) groups is 1. The smallest absolute Gasteiger partial charge is 0.410 e. The molecule has 2 fully saturated rings. The maximum atomic E-state index is 12.6. The van der Waals surface area contributed by atoms with Crippen molar-refractivity contribution >= 4 is 62.6 Å². The second-order valence-corrected chi connectivity index (χ2v) is 13.9. The molecule has 9 nitrogen and oxygen atoms in total. The van der Waals surface area contributed by atoms with Crippen molar-refractivity contribution in [3.05, 3.63) is 34.9 Å². The zero-order valence-electron chi connectivity index (χ0n) is 28.5. The summed E-state index contributed by atoms with van der Waals surface area (Å²) in [6.45, 7) is 20.7. The number of imidazole rings is 1. The van der Waals surface area contributed by atoms with Gasteiger partial charge in [0, 0.05) is 35.3 Å². The Labute approximate surface area is 283 Å². The molecular weight excluding hydrogens is 626 g/mol. The third-order valence-electron chi connectivity index (χ3n) is 7.09. The van der Waals surface area contributed by atoms with Crippen LogP contribution in [0.2, 0.25) is 5.15 Å². The normalized spacial score (nSPS) is 17.1. The Morgan fingerprint density at radius 2 is 1.76 bits per heavy atom. The van der Waals surface area contributed by atoms with Gasteiger partial charge in [0.05, 0.1) is 16.6 Å². The number of ether oxygens (including phenoxy) is 1. The number of halogens is 1. The fraction of sp³-hybridized carbons (Fsp3) is 0.606. The topological polar surface area (TPSA) is 130 Å². The van der Waals surface area contributed by atoms with Crippen LogP contribution in [0.3, 0.4) is 0 Å². The van der Waals surface area contributed by atoms with Gasteiger partial charge in [-0.15, -0.1) is 0 Å². The molecule has 1 amide bonds. The Morgan fingerprint density at radius 1 is 1.13 bits per heavy atom. The lowest BCUT2D eigenvalue weighted by Gasteiger charge is -2.30. The summed E-state index contributed by atoms with van der Waals surface area (Å²) in [5.41, 5.74) is 1.41. The average Bonchev–Trinajstić information content (AvgIpc) is 3.96. The molecule has 248 valence electrons. The van der Waals surface area contributed by atoms with E-state index in [1.54, 1.807) is 16.8 Å². The number of aromatic nitrogens is 2. The maximum Gasteiger partial charge on any atom is 0.410 e. The maximum absolute atomic E-state index is 12.6. The number of nitriles is 1. The van der Waals surface area contributed by atoms with Crippen LogP contribution in [-0.4, -0.2) is 54.7 Å². The zero-order valence-corrected chi connectivity index (χ0v) is 30.9. The fourth-order valence-corrected chi connectivity index (χ4v) is 6.31. The van der Waals surface area contributed by atoms with E-state index in [2.05, 4.69) is 28.8 Å². The van der Waals surface area contributed by atoms with E-state index in [4.69, 9.17) is 27.2 Å². The minimum atomic E-state index is -0.767. The molecular formula is C33H50ClN7O2S2. The monoisotopic (exact) mass is 675 g/mol. The lowest BCUT2D eigenvalue weighted by molar-refractivity contribution is 0.0270. The van der Waals surface area contributed by atoms with Crippen LogP contribution in [0.4, 0.5) is 4.79 Å². The molecule has 0 unspecified atom stereocenters. The molecule has 0 bridgehead atoms. The summed E-state index contributed by atoms with van der Waals surface area (Å²) in [5.74, 6) is 0.339. The second kappa shape index (κ2) is 16.3. The number of pyridine rings is 1. The third kappa shape index (κ3) is 9.74. The summed E-state index contributed by atoms with van der Waals surface area (Å²) in [6.07, 6.45) is 7.76. The molecule has 0 saturated heterocycles. The molecule has 0 spiro atoms. The molecule has 3 N–H and O–H groups in total. The Balaban J connectivity index is 0.00000111. The summed E-state index contributed by atoms with van der Waals surface area (Å²) in [7, 11) is 0. The predicted octanol–water partition coefficient (Wildman–Crippen LogP) is 9.58. The molecule has 0 aromatic carbocycles. The highest BCUT2D eigenvalue weighted by Gasteiger charge is 2.48.